The molecule has 6 rings (SSSR count). The van der Waals surface area contributed by atoms with Crippen LogP contribution in [0.1, 0.15) is 24.2 Å². The molecule has 2 fully saturated rings. The van der Waals surface area contributed by atoms with Gasteiger partial charge in [0.05, 0.1) is 23.6 Å². The minimum Gasteiger partial charge on any atom is -0.371 e. The summed E-state index contributed by atoms with van der Waals surface area (Å²) in [7, 11) is 1.97. The molecule has 8 heteroatoms. The third-order valence-electron chi connectivity index (χ3n) is 6.55. The van der Waals surface area contributed by atoms with Gasteiger partial charge in [0.25, 0.3) is 0 Å². The SMILES string of the molecule is Cc1nn(C)c(C)c1-c1cc(N2CC3CCC(C2)O3)nc(-c2ccnc3[nH]ccc23)n1. The molecule has 31 heavy (non-hydrogen) atoms. The number of aryl methyl sites for hydroxylation is 2. The molecule has 158 valence electrons. The summed E-state index contributed by atoms with van der Waals surface area (Å²) in [6.07, 6.45) is 6.54. The van der Waals surface area contributed by atoms with Gasteiger partial charge < -0.3 is 14.6 Å². The number of anilines is 1. The van der Waals surface area contributed by atoms with Crippen LogP contribution in [0.2, 0.25) is 0 Å². The Morgan fingerprint density at radius 2 is 1.90 bits per heavy atom. The highest BCUT2D eigenvalue weighted by atomic mass is 16.5. The zero-order chi connectivity index (χ0) is 21.1. The van der Waals surface area contributed by atoms with Crippen LogP contribution in [0.25, 0.3) is 33.7 Å². The number of pyridine rings is 1. The number of nitrogens with one attached hydrogen (secondary N) is 1. The number of nitrogens with zero attached hydrogens (tertiary/aromatic N) is 6. The molecule has 0 amide bonds. The number of aromatic nitrogens is 6. The van der Waals surface area contributed by atoms with Crippen LogP contribution in [0.4, 0.5) is 5.82 Å². The van der Waals surface area contributed by atoms with Crippen molar-refractivity contribution >= 4 is 16.9 Å². The number of ether oxygens (including phenoxy) is 1. The highest BCUT2D eigenvalue weighted by Crippen LogP contribution is 2.34. The molecule has 2 unspecified atom stereocenters. The molecule has 2 atom stereocenters. The van der Waals surface area contributed by atoms with Gasteiger partial charge in [-0.2, -0.15) is 5.10 Å². The van der Waals surface area contributed by atoms with Crippen molar-refractivity contribution in [3.8, 4) is 22.6 Å². The van der Waals surface area contributed by atoms with Gasteiger partial charge in [0.15, 0.2) is 5.82 Å². The van der Waals surface area contributed by atoms with Gasteiger partial charge in [0.2, 0.25) is 0 Å². The second kappa shape index (κ2) is 6.88. The van der Waals surface area contributed by atoms with Gasteiger partial charge >= 0.3 is 0 Å². The summed E-state index contributed by atoms with van der Waals surface area (Å²) < 4.78 is 7.97. The summed E-state index contributed by atoms with van der Waals surface area (Å²) in [4.78, 5) is 20.0. The number of rotatable bonds is 3. The van der Waals surface area contributed by atoms with Crippen LogP contribution in [0.5, 0.6) is 0 Å². The van der Waals surface area contributed by atoms with E-state index in [1.54, 1.807) is 6.20 Å². The maximum atomic E-state index is 6.06. The molecule has 4 aromatic heterocycles. The van der Waals surface area contributed by atoms with Crippen molar-refractivity contribution in [1.82, 2.24) is 29.7 Å². The fourth-order valence-electron chi connectivity index (χ4n) is 4.95. The minimum atomic E-state index is 0.291. The number of fused-ring (bicyclic) bond motifs is 3. The van der Waals surface area contributed by atoms with E-state index in [1.807, 2.05) is 37.0 Å². The Hall–Kier alpha value is -3.26. The molecule has 6 heterocycles. The van der Waals surface area contributed by atoms with Crippen molar-refractivity contribution in [3.63, 3.8) is 0 Å². The first-order valence-electron chi connectivity index (χ1n) is 10.8. The number of hydrogen-bond donors (Lipinski definition) is 1. The first kappa shape index (κ1) is 18.5. The van der Waals surface area contributed by atoms with Gasteiger partial charge in [-0.05, 0) is 38.8 Å². The summed E-state index contributed by atoms with van der Waals surface area (Å²) in [6, 6.07) is 6.13. The molecule has 0 saturated carbocycles. The average Bonchev–Trinajstić information content (AvgIpc) is 3.45. The van der Waals surface area contributed by atoms with Crippen LogP contribution in [-0.4, -0.2) is 55.0 Å². The van der Waals surface area contributed by atoms with Crippen LogP contribution < -0.4 is 4.90 Å². The smallest absolute Gasteiger partial charge is 0.162 e. The van der Waals surface area contributed by atoms with Crippen molar-refractivity contribution in [3.05, 3.63) is 42.0 Å². The van der Waals surface area contributed by atoms with Crippen LogP contribution in [0.15, 0.2) is 30.6 Å². The standard InChI is InChI=1S/C23H25N7O/c1-13-21(14(2)29(3)28-13)19-10-20(30-11-15-4-5-16(12-30)31-15)27-23(26-19)18-7-9-25-22-17(18)6-8-24-22/h6-10,15-16H,4-5,11-12H2,1-3H3,(H,24,25). The molecule has 4 aromatic rings. The maximum Gasteiger partial charge on any atom is 0.162 e. The quantitative estimate of drug-likeness (QED) is 0.552. The Balaban J connectivity index is 1.55. The van der Waals surface area contributed by atoms with E-state index in [0.29, 0.717) is 18.0 Å². The molecule has 0 radical (unpaired) electrons. The summed E-state index contributed by atoms with van der Waals surface area (Å²) in [6.45, 7) is 5.86. The van der Waals surface area contributed by atoms with Gasteiger partial charge in [0, 0.05) is 60.8 Å². The molecule has 0 spiro atoms. The van der Waals surface area contributed by atoms with E-state index in [1.165, 1.54) is 0 Å². The van der Waals surface area contributed by atoms with Crippen LogP contribution in [-0.2, 0) is 11.8 Å². The van der Waals surface area contributed by atoms with Crippen molar-refractivity contribution < 1.29 is 4.74 Å². The molecule has 8 nitrogen and oxygen atoms in total. The van der Waals surface area contributed by atoms with Gasteiger partial charge in [0.1, 0.15) is 11.5 Å². The second-order valence-corrected chi connectivity index (χ2v) is 8.57. The lowest BCUT2D eigenvalue weighted by molar-refractivity contribution is 0.0302. The predicted octanol–water partition coefficient (Wildman–Crippen LogP) is 3.40. The monoisotopic (exact) mass is 415 g/mol. The van der Waals surface area contributed by atoms with Crippen LogP contribution >= 0.6 is 0 Å². The largest absolute Gasteiger partial charge is 0.371 e. The summed E-state index contributed by atoms with van der Waals surface area (Å²) in [5, 5.41) is 5.64. The normalized spacial score (nSPS) is 20.7. The lowest BCUT2D eigenvalue weighted by Gasteiger charge is -2.33. The molecule has 2 aliphatic rings. The van der Waals surface area contributed by atoms with Crippen molar-refractivity contribution in [1.29, 1.82) is 0 Å². The fraction of sp³-hybridized carbons (Fsp3) is 0.391. The highest BCUT2D eigenvalue weighted by molar-refractivity contribution is 5.91. The van der Waals surface area contributed by atoms with Crippen LogP contribution in [0, 0.1) is 13.8 Å². The molecular formula is C23H25N7O. The molecule has 2 aliphatic heterocycles. The number of hydrogen-bond acceptors (Lipinski definition) is 6. The fourth-order valence-corrected chi connectivity index (χ4v) is 4.95. The Morgan fingerprint density at radius 1 is 1.10 bits per heavy atom. The summed E-state index contributed by atoms with van der Waals surface area (Å²) in [5.41, 5.74) is 5.86. The van der Waals surface area contributed by atoms with Gasteiger partial charge in [-0.15, -0.1) is 0 Å². The molecule has 0 aromatic carbocycles. The molecular weight excluding hydrogens is 390 g/mol. The van der Waals surface area contributed by atoms with E-state index >= 15 is 0 Å². The summed E-state index contributed by atoms with van der Waals surface area (Å²) in [5.74, 6) is 1.66. The molecule has 2 saturated heterocycles. The van der Waals surface area contributed by atoms with E-state index in [-0.39, 0.29) is 0 Å². The van der Waals surface area contributed by atoms with Crippen LogP contribution in [0.3, 0.4) is 0 Å². The Kier molecular flexibility index (Phi) is 4.11. The van der Waals surface area contributed by atoms with E-state index in [2.05, 4.69) is 33.0 Å². The van der Waals surface area contributed by atoms with E-state index < -0.39 is 0 Å². The first-order chi connectivity index (χ1) is 15.1. The number of aromatic amines is 1. The van der Waals surface area contributed by atoms with Crippen molar-refractivity contribution in [2.24, 2.45) is 7.05 Å². The molecule has 0 aliphatic carbocycles. The van der Waals surface area contributed by atoms with Gasteiger partial charge in [-0.25, -0.2) is 15.0 Å². The van der Waals surface area contributed by atoms with E-state index in [9.17, 15) is 0 Å². The van der Waals surface area contributed by atoms with Crippen molar-refractivity contribution in [2.75, 3.05) is 18.0 Å². The Bertz CT molecular complexity index is 1280. The maximum absolute atomic E-state index is 6.06. The Labute approximate surface area is 180 Å². The third-order valence-corrected chi connectivity index (χ3v) is 6.55. The number of morpholine rings is 1. The minimum absolute atomic E-state index is 0.291. The molecule has 2 bridgehead atoms. The van der Waals surface area contributed by atoms with E-state index in [4.69, 9.17) is 14.7 Å². The van der Waals surface area contributed by atoms with E-state index in [0.717, 1.165) is 71.0 Å². The van der Waals surface area contributed by atoms with Gasteiger partial charge in [-0.1, -0.05) is 0 Å². The van der Waals surface area contributed by atoms with Gasteiger partial charge in [-0.3, -0.25) is 4.68 Å². The lowest BCUT2D eigenvalue weighted by Crippen LogP contribution is -2.43. The molecule has 1 N–H and O–H groups in total. The predicted molar refractivity (Wildman–Crippen MR) is 119 cm³/mol. The third kappa shape index (κ3) is 3.01. The zero-order valence-electron chi connectivity index (χ0n) is 18.0. The lowest BCUT2D eigenvalue weighted by atomic mass is 10.1. The topological polar surface area (TPSA) is 84.8 Å². The first-order valence-corrected chi connectivity index (χ1v) is 10.8. The highest BCUT2D eigenvalue weighted by Gasteiger charge is 2.34. The second-order valence-electron chi connectivity index (χ2n) is 8.57. The van der Waals surface area contributed by atoms with Crippen molar-refractivity contribution in [2.45, 2.75) is 38.9 Å². The summed E-state index contributed by atoms with van der Waals surface area (Å²) >= 11 is 0. The zero-order valence-corrected chi connectivity index (χ0v) is 18.0. The Morgan fingerprint density at radius 3 is 2.65 bits per heavy atom. The average molecular weight is 416 g/mol. The number of H-pyrrole nitrogens is 1.